The Kier molecular flexibility index (Phi) is 4.13. The second-order valence-electron chi connectivity index (χ2n) is 4.39. The minimum atomic E-state index is 0.340. The summed E-state index contributed by atoms with van der Waals surface area (Å²) in [4.78, 5) is 0. The van der Waals surface area contributed by atoms with Crippen LogP contribution in [0.25, 0.3) is 0 Å². The first-order chi connectivity index (χ1) is 8.24. The summed E-state index contributed by atoms with van der Waals surface area (Å²) in [5.74, 6) is 1.52. The van der Waals surface area contributed by atoms with Crippen molar-refractivity contribution in [3.05, 3.63) is 23.2 Å². The summed E-state index contributed by atoms with van der Waals surface area (Å²) in [6.45, 7) is 0.709. The van der Waals surface area contributed by atoms with Gasteiger partial charge in [-0.3, -0.25) is 0 Å². The number of anilines is 1. The van der Waals surface area contributed by atoms with Crippen LogP contribution in [-0.2, 0) is 4.74 Å². The van der Waals surface area contributed by atoms with Gasteiger partial charge in [0.1, 0.15) is 5.75 Å². The van der Waals surface area contributed by atoms with Crippen molar-refractivity contribution in [2.45, 2.75) is 18.9 Å². The monoisotopic (exact) mass is 255 g/mol. The Labute approximate surface area is 107 Å². The van der Waals surface area contributed by atoms with E-state index in [0.717, 1.165) is 11.4 Å². The number of rotatable bonds is 6. The van der Waals surface area contributed by atoms with E-state index in [-0.39, 0.29) is 0 Å². The van der Waals surface area contributed by atoms with Gasteiger partial charge in [0, 0.05) is 12.1 Å². The van der Waals surface area contributed by atoms with Crippen molar-refractivity contribution >= 4 is 17.3 Å². The fourth-order valence-electron chi connectivity index (χ4n) is 1.97. The molecule has 1 aromatic rings. The zero-order chi connectivity index (χ0) is 12.3. The van der Waals surface area contributed by atoms with Crippen molar-refractivity contribution < 1.29 is 9.47 Å². The quantitative estimate of drug-likeness (QED) is 0.847. The van der Waals surface area contributed by atoms with Crippen molar-refractivity contribution in [3.8, 4) is 5.75 Å². The van der Waals surface area contributed by atoms with Gasteiger partial charge in [0.2, 0.25) is 0 Å². The van der Waals surface area contributed by atoms with Crippen molar-refractivity contribution in [1.82, 2.24) is 0 Å². The Bertz CT molecular complexity index is 380. The molecule has 1 saturated carbocycles. The molecule has 1 N–H and O–H groups in total. The molecule has 0 amide bonds. The van der Waals surface area contributed by atoms with Gasteiger partial charge in [-0.05, 0) is 37.0 Å². The maximum Gasteiger partial charge on any atom is 0.142 e. The molecule has 1 aliphatic carbocycles. The molecule has 0 aromatic heterocycles. The van der Waals surface area contributed by atoms with Crippen LogP contribution in [0, 0.1) is 5.92 Å². The Morgan fingerprint density at radius 3 is 2.76 bits per heavy atom. The van der Waals surface area contributed by atoms with Crippen LogP contribution in [0.2, 0.25) is 5.02 Å². The highest BCUT2D eigenvalue weighted by atomic mass is 35.5. The van der Waals surface area contributed by atoms with Crippen LogP contribution >= 0.6 is 11.6 Å². The Morgan fingerprint density at radius 1 is 1.41 bits per heavy atom. The predicted molar refractivity (Wildman–Crippen MR) is 70.0 cm³/mol. The molecule has 1 atom stereocenters. The van der Waals surface area contributed by atoms with E-state index < -0.39 is 0 Å². The van der Waals surface area contributed by atoms with E-state index in [9.17, 15) is 0 Å². The zero-order valence-corrected chi connectivity index (χ0v) is 11.0. The van der Waals surface area contributed by atoms with Crippen LogP contribution in [0.5, 0.6) is 5.75 Å². The molecule has 0 heterocycles. The van der Waals surface area contributed by atoms with Crippen LogP contribution in [0.15, 0.2) is 18.2 Å². The summed E-state index contributed by atoms with van der Waals surface area (Å²) in [7, 11) is 3.39. The van der Waals surface area contributed by atoms with E-state index in [4.69, 9.17) is 21.1 Å². The van der Waals surface area contributed by atoms with Crippen LogP contribution in [0.3, 0.4) is 0 Å². The van der Waals surface area contributed by atoms with E-state index in [0.29, 0.717) is 23.6 Å². The molecule has 0 aliphatic heterocycles. The third kappa shape index (κ3) is 3.27. The third-order valence-corrected chi connectivity index (χ3v) is 3.27. The molecule has 1 aromatic carbocycles. The maximum absolute atomic E-state index is 6.00. The minimum Gasteiger partial charge on any atom is -0.495 e. The Hall–Kier alpha value is -0.930. The molecule has 1 unspecified atom stereocenters. The molecule has 3 nitrogen and oxygen atoms in total. The molecule has 0 bridgehead atoms. The number of halogens is 1. The van der Waals surface area contributed by atoms with E-state index in [2.05, 4.69) is 5.32 Å². The van der Waals surface area contributed by atoms with Gasteiger partial charge in [-0.25, -0.2) is 0 Å². The first-order valence-electron chi connectivity index (χ1n) is 5.83. The van der Waals surface area contributed by atoms with Crippen molar-refractivity contribution in [3.63, 3.8) is 0 Å². The van der Waals surface area contributed by atoms with E-state index in [1.807, 2.05) is 18.2 Å². The summed E-state index contributed by atoms with van der Waals surface area (Å²) in [6.07, 6.45) is 2.54. The number of nitrogens with one attached hydrogen (secondary N) is 1. The van der Waals surface area contributed by atoms with Gasteiger partial charge in [0.25, 0.3) is 0 Å². The molecule has 1 aliphatic rings. The molecule has 4 heteroatoms. The largest absolute Gasteiger partial charge is 0.495 e. The predicted octanol–water partition coefficient (Wildman–Crippen LogP) is 3.19. The molecule has 17 heavy (non-hydrogen) atoms. The van der Waals surface area contributed by atoms with Crippen molar-refractivity contribution in [1.29, 1.82) is 0 Å². The number of hydrogen-bond donors (Lipinski definition) is 1. The van der Waals surface area contributed by atoms with Gasteiger partial charge in [0.15, 0.2) is 0 Å². The van der Waals surface area contributed by atoms with E-state index in [1.54, 1.807) is 14.2 Å². The highest BCUT2D eigenvalue weighted by molar-refractivity contribution is 6.30. The van der Waals surface area contributed by atoms with Crippen LogP contribution < -0.4 is 10.1 Å². The van der Waals surface area contributed by atoms with E-state index >= 15 is 0 Å². The molecule has 0 radical (unpaired) electrons. The first-order valence-corrected chi connectivity index (χ1v) is 6.21. The summed E-state index contributed by atoms with van der Waals surface area (Å²) in [5.41, 5.74) is 0.939. The zero-order valence-electron chi connectivity index (χ0n) is 10.2. The van der Waals surface area contributed by atoms with Crippen LogP contribution in [-0.4, -0.2) is 26.9 Å². The molecular weight excluding hydrogens is 238 g/mol. The summed E-state index contributed by atoms with van der Waals surface area (Å²) < 4.78 is 10.6. The SMILES string of the molecule is COCC(Nc1cc(Cl)ccc1OC)C1CC1. The van der Waals surface area contributed by atoms with Gasteiger partial charge >= 0.3 is 0 Å². The summed E-state index contributed by atoms with van der Waals surface area (Å²) >= 11 is 6.00. The fourth-order valence-corrected chi connectivity index (χ4v) is 2.14. The van der Waals surface area contributed by atoms with Crippen molar-refractivity contribution in [2.75, 3.05) is 26.1 Å². The average molecular weight is 256 g/mol. The third-order valence-electron chi connectivity index (χ3n) is 3.04. The second-order valence-corrected chi connectivity index (χ2v) is 4.82. The topological polar surface area (TPSA) is 30.5 Å². The van der Waals surface area contributed by atoms with Crippen LogP contribution in [0.1, 0.15) is 12.8 Å². The van der Waals surface area contributed by atoms with Gasteiger partial charge < -0.3 is 14.8 Å². The Morgan fingerprint density at radius 2 is 2.18 bits per heavy atom. The highest BCUT2D eigenvalue weighted by Gasteiger charge is 2.31. The standard InChI is InChI=1S/C13H18ClNO2/c1-16-8-12(9-3-4-9)15-11-7-10(14)5-6-13(11)17-2/h5-7,9,12,15H,3-4,8H2,1-2H3. The maximum atomic E-state index is 6.00. The van der Waals surface area contributed by atoms with Gasteiger partial charge in [0.05, 0.1) is 25.4 Å². The smallest absolute Gasteiger partial charge is 0.142 e. The molecule has 0 saturated heterocycles. The first kappa shape index (κ1) is 12.5. The lowest BCUT2D eigenvalue weighted by molar-refractivity contribution is 0.179. The fraction of sp³-hybridized carbons (Fsp3) is 0.538. The number of hydrogen-bond acceptors (Lipinski definition) is 3. The van der Waals surface area contributed by atoms with Gasteiger partial charge in [-0.2, -0.15) is 0 Å². The summed E-state index contributed by atoms with van der Waals surface area (Å²) in [5, 5.41) is 4.18. The number of methoxy groups -OCH3 is 2. The molecular formula is C13H18ClNO2. The Balaban J connectivity index is 2.11. The molecule has 0 spiro atoms. The molecule has 1 fully saturated rings. The van der Waals surface area contributed by atoms with Crippen molar-refractivity contribution in [2.24, 2.45) is 5.92 Å². The number of benzene rings is 1. The van der Waals surface area contributed by atoms with Gasteiger partial charge in [-0.15, -0.1) is 0 Å². The second kappa shape index (κ2) is 5.61. The lowest BCUT2D eigenvalue weighted by atomic mass is 10.2. The van der Waals surface area contributed by atoms with E-state index in [1.165, 1.54) is 12.8 Å². The molecule has 2 rings (SSSR count). The number of ether oxygens (including phenoxy) is 2. The average Bonchev–Trinajstić information content (AvgIpc) is 3.13. The lowest BCUT2D eigenvalue weighted by Crippen LogP contribution is -2.27. The lowest BCUT2D eigenvalue weighted by Gasteiger charge is -2.20. The molecule has 94 valence electrons. The minimum absolute atomic E-state index is 0.340. The normalized spacial score (nSPS) is 16.6. The summed E-state index contributed by atoms with van der Waals surface area (Å²) in [6, 6.07) is 5.94. The highest BCUT2D eigenvalue weighted by Crippen LogP contribution is 2.36. The van der Waals surface area contributed by atoms with Gasteiger partial charge in [-0.1, -0.05) is 11.6 Å². The van der Waals surface area contributed by atoms with Crippen LogP contribution in [0.4, 0.5) is 5.69 Å².